The van der Waals surface area contributed by atoms with Crippen LogP contribution in [0.2, 0.25) is 0 Å². The summed E-state index contributed by atoms with van der Waals surface area (Å²) in [6.45, 7) is 4.35. The molecule has 0 bridgehead atoms. The highest BCUT2D eigenvalue weighted by Crippen LogP contribution is 2.35. The van der Waals surface area contributed by atoms with Crippen molar-refractivity contribution >= 4 is 16.9 Å². The van der Waals surface area contributed by atoms with Crippen LogP contribution >= 0.6 is 0 Å². The summed E-state index contributed by atoms with van der Waals surface area (Å²) in [4.78, 5) is 11.2. The lowest BCUT2D eigenvalue weighted by Gasteiger charge is -2.04. The second-order valence-corrected chi connectivity index (χ2v) is 4.80. The Balaban J connectivity index is 2.44. The fourth-order valence-electron chi connectivity index (χ4n) is 2.15. The van der Waals surface area contributed by atoms with E-state index in [9.17, 15) is 4.79 Å². The lowest BCUT2D eigenvalue weighted by molar-refractivity contribution is -0.142. The molecule has 108 valence electrons. The van der Waals surface area contributed by atoms with Gasteiger partial charge in [0, 0.05) is 23.4 Å². The van der Waals surface area contributed by atoms with Crippen LogP contribution in [-0.4, -0.2) is 19.7 Å². The average Bonchev–Trinajstić information content (AvgIpc) is 2.83. The van der Waals surface area contributed by atoms with Gasteiger partial charge in [0.05, 0.1) is 7.11 Å². The lowest BCUT2D eigenvalue weighted by atomic mass is 10.0. The Morgan fingerprint density at radius 3 is 2.75 bits per heavy atom. The molecule has 0 saturated carbocycles. The monoisotopic (exact) mass is 277 g/mol. The van der Waals surface area contributed by atoms with E-state index >= 15 is 0 Å². The molecule has 2 aromatic rings. The summed E-state index contributed by atoms with van der Waals surface area (Å²) in [7, 11) is 1.32. The molecule has 2 N–H and O–H groups in total. The van der Waals surface area contributed by atoms with Crippen molar-refractivity contribution in [2.24, 2.45) is 5.73 Å². The number of carbonyl (C=O) groups excluding carboxylic acids is 1. The molecule has 20 heavy (non-hydrogen) atoms. The number of hydrogen-bond acceptors (Lipinski definition) is 5. The number of carbonyl (C=O) groups is 1. The van der Waals surface area contributed by atoms with Crippen LogP contribution in [0, 0.1) is 0 Å². The van der Waals surface area contributed by atoms with Gasteiger partial charge in [0.2, 0.25) is 0 Å². The van der Waals surface area contributed by atoms with Crippen LogP contribution in [0.1, 0.15) is 31.1 Å². The van der Waals surface area contributed by atoms with Crippen molar-refractivity contribution in [2.45, 2.75) is 26.3 Å². The minimum atomic E-state index is -0.434. The van der Waals surface area contributed by atoms with E-state index in [1.165, 1.54) is 7.11 Å². The van der Waals surface area contributed by atoms with Gasteiger partial charge in [-0.2, -0.15) is 0 Å². The molecule has 0 unspecified atom stereocenters. The first-order valence-corrected chi connectivity index (χ1v) is 6.52. The van der Waals surface area contributed by atoms with Gasteiger partial charge in [-0.05, 0) is 6.07 Å². The summed E-state index contributed by atoms with van der Waals surface area (Å²) in [5, 5.41) is 0.929. The van der Waals surface area contributed by atoms with Crippen molar-refractivity contribution in [1.29, 1.82) is 0 Å². The fourth-order valence-corrected chi connectivity index (χ4v) is 2.15. The maximum atomic E-state index is 11.2. The zero-order chi connectivity index (χ0) is 14.7. The standard InChI is InChI=1S/C15H19NO4/c1-9(2)14-11(7-16)10-5-4-6-12(15(10)20-14)19-8-13(17)18-3/h4-6,9H,7-8,16H2,1-3H3. The molecule has 0 spiro atoms. The van der Waals surface area contributed by atoms with E-state index in [0.29, 0.717) is 17.9 Å². The van der Waals surface area contributed by atoms with Gasteiger partial charge in [-0.1, -0.05) is 26.0 Å². The van der Waals surface area contributed by atoms with Gasteiger partial charge in [0.15, 0.2) is 17.9 Å². The van der Waals surface area contributed by atoms with Gasteiger partial charge in [-0.3, -0.25) is 0 Å². The van der Waals surface area contributed by atoms with Crippen LogP contribution in [-0.2, 0) is 16.1 Å². The van der Waals surface area contributed by atoms with E-state index in [0.717, 1.165) is 16.7 Å². The largest absolute Gasteiger partial charge is 0.478 e. The van der Waals surface area contributed by atoms with Crippen LogP contribution < -0.4 is 10.5 Å². The number of ether oxygens (including phenoxy) is 2. The summed E-state index contributed by atoms with van der Waals surface area (Å²) >= 11 is 0. The Labute approximate surface area is 117 Å². The van der Waals surface area contributed by atoms with Gasteiger partial charge in [-0.25, -0.2) is 4.79 Å². The highest BCUT2D eigenvalue weighted by molar-refractivity contribution is 5.87. The van der Waals surface area contributed by atoms with Crippen molar-refractivity contribution in [3.05, 3.63) is 29.5 Å². The second kappa shape index (κ2) is 5.96. The minimum Gasteiger partial charge on any atom is -0.478 e. The fraction of sp³-hybridized carbons (Fsp3) is 0.400. The molecule has 0 aliphatic carbocycles. The normalized spacial score (nSPS) is 11.1. The molecule has 0 saturated heterocycles. The van der Waals surface area contributed by atoms with Crippen molar-refractivity contribution in [3.8, 4) is 5.75 Å². The highest BCUT2D eigenvalue weighted by Gasteiger charge is 2.18. The molecular formula is C15H19NO4. The Hall–Kier alpha value is -2.01. The van der Waals surface area contributed by atoms with Crippen LogP contribution in [0.4, 0.5) is 0 Å². The third-order valence-electron chi connectivity index (χ3n) is 3.12. The number of esters is 1. The van der Waals surface area contributed by atoms with E-state index < -0.39 is 5.97 Å². The molecule has 0 amide bonds. The number of para-hydroxylation sites is 1. The SMILES string of the molecule is COC(=O)COc1cccc2c(CN)c(C(C)C)oc12. The molecule has 0 radical (unpaired) electrons. The van der Waals surface area contributed by atoms with Crippen molar-refractivity contribution < 1.29 is 18.7 Å². The molecule has 1 aromatic carbocycles. The van der Waals surface area contributed by atoms with Crippen LogP contribution in [0.25, 0.3) is 11.0 Å². The van der Waals surface area contributed by atoms with E-state index in [-0.39, 0.29) is 12.5 Å². The third kappa shape index (κ3) is 2.63. The molecule has 0 atom stereocenters. The highest BCUT2D eigenvalue weighted by atomic mass is 16.6. The van der Waals surface area contributed by atoms with E-state index in [1.54, 1.807) is 6.07 Å². The number of rotatable bonds is 5. The average molecular weight is 277 g/mol. The molecule has 1 heterocycles. The van der Waals surface area contributed by atoms with Crippen molar-refractivity contribution in [3.63, 3.8) is 0 Å². The van der Waals surface area contributed by atoms with Crippen molar-refractivity contribution in [1.82, 2.24) is 0 Å². The molecule has 1 aromatic heterocycles. The Morgan fingerprint density at radius 2 is 2.15 bits per heavy atom. The Morgan fingerprint density at radius 1 is 1.40 bits per heavy atom. The molecular weight excluding hydrogens is 258 g/mol. The lowest BCUT2D eigenvalue weighted by Crippen LogP contribution is -2.12. The first-order valence-electron chi connectivity index (χ1n) is 6.52. The second-order valence-electron chi connectivity index (χ2n) is 4.80. The van der Waals surface area contributed by atoms with Crippen LogP contribution in [0.3, 0.4) is 0 Å². The van der Waals surface area contributed by atoms with Crippen LogP contribution in [0.5, 0.6) is 5.75 Å². The predicted octanol–water partition coefficient (Wildman–Crippen LogP) is 2.57. The summed E-state index contributed by atoms with van der Waals surface area (Å²) in [6, 6.07) is 5.56. The molecule has 5 heteroatoms. The number of furan rings is 1. The summed E-state index contributed by atoms with van der Waals surface area (Å²) in [5.41, 5.74) is 7.43. The van der Waals surface area contributed by atoms with E-state index in [4.69, 9.17) is 14.9 Å². The van der Waals surface area contributed by atoms with E-state index in [2.05, 4.69) is 4.74 Å². The topological polar surface area (TPSA) is 74.7 Å². The molecule has 0 fully saturated rings. The number of fused-ring (bicyclic) bond motifs is 1. The summed E-state index contributed by atoms with van der Waals surface area (Å²) in [5.74, 6) is 1.18. The summed E-state index contributed by atoms with van der Waals surface area (Å²) in [6.07, 6.45) is 0. The van der Waals surface area contributed by atoms with Gasteiger partial charge >= 0.3 is 5.97 Å². The van der Waals surface area contributed by atoms with Gasteiger partial charge in [0.25, 0.3) is 0 Å². The summed E-state index contributed by atoms with van der Waals surface area (Å²) < 4.78 is 15.9. The zero-order valence-corrected chi connectivity index (χ0v) is 11.9. The quantitative estimate of drug-likeness (QED) is 0.850. The van der Waals surface area contributed by atoms with Gasteiger partial charge in [-0.15, -0.1) is 0 Å². The number of nitrogens with two attached hydrogens (primary N) is 1. The van der Waals surface area contributed by atoms with Gasteiger partial charge in [0.1, 0.15) is 5.76 Å². The van der Waals surface area contributed by atoms with Crippen molar-refractivity contribution in [2.75, 3.05) is 13.7 Å². The smallest absolute Gasteiger partial charge is 0.343 e. The first-order chi connectivity index (χ1) is 9.58. The van der Waals surface area contributed by atoms with Crippen LogP contribution in [0.15, 0.2) is 22.6 Å². The molecule has 0 aliphatic heterocycles. The Kier molecular flexibility index (Phi) is 4.29. The maximum absolute atomic E-state index is 11.2. The molecule has 2 rings (SSSR count). The Bertz CT molecular complexity index is 616. The molecule has 5 nitrogen and oxygen atoms in total. The first kappa shape index (κ1) is 14.4. The maximum Gasteiger partial charge on any atom is 0.343 e. The minimum absolute atomic E-state index is 0.148. The van der Waals surface area contributed by atoms with Gasteiger partial charge < -0.3 is 19.6 Å². The number of methoxy groups -OCH3 is 1. The van der Waals surface area contributed by atoms with E-state index in [1.807, 2.05) is 26.0 Å². The molecule has 0 aliphatic rings. The zero-order valence-electron chi connectivity index (χ0n) is 11.9. The third-order valence-corrected chi connectivity index (χ3v) is 3.12. The predicted molar refractivity (Wildman–Crippen MR) is 75.7 cm³/mol. The number of benzene rings is 1. The number of hydrogen-bond donors (Lipinski definition) is 1.